The van der Waals surface area contributed by atoms with Crippen molar-refractivity contribution in [3.63, 3.8) is 0 Å². The number of carbonyl (C=O) groups excluding carboxylic acids is 2. The fourth-order valence-corrected chi connectivity index (χ4v) is 6.14. The fraction of sp³-hybridized carbons (Fsp3) is 0.650. The van der Waals surface area contributed by atoms with Crippen LogP contribution in [0.3, 0.4) is 0 Å². The van der Waals surface area contributed by atoms with Crippen molar-refractivity contribution in [1.82, 2.24) is 10.7 Å². The van der Waals surface area contributed by atoms with Gasteiger partial charge < -0.3 is 5.32 Å². The summed E-state index contributed by atoms with van der Waals surface area (Å²) in [5.41, 5.74) is 3.20. The molecule has 2 N–H and O–H groups in total. The summed E-state index contributed by atoms with van der Waals surface area (Å²) in [5.74, 6) is 3.07. The standard InChI is InChI=1S/C20H27N3O2S/c1-12(22-23-19(25)11-17-3-2-4-26-17)5-18(24)21-20-15-7-13-6-14(9-15)10-16(20)8-13/h2-4,13-16,20H,5-11H2,1H3,(H,21,24)(H,23,25)/b22-12-. The molecule has 5 nitrogen and oxygen atoms in total. The Labute approximate surface area is 158 Å². The highest BCUT2D eigenvalue weighted by molar-refractivity contribution is 7.10. The Hall–Kier alpha value is -1.69. The first-order chi connectivity index (χ1) is 12.6. The maximum atomic E-state index is 12.4. The first kappa shape index (κ1) is 17.7. The third-order valence-electron chi connectivity index (χ3n) is 6.26. The van der Waals surface area contributed by atoms with Gasteiger partial charge in [0.25, 0.3) is 0 Å². The Bertz CT molecular complexity index is 670. The number of nitrogens with zero attached hydrogens (tertiary/aromatic N) is 1. The number of amides is 2. The molecule has 1 aromatic rings. The Balaban J connectivity index is 1.24. The van der Waals surface area contributed by atoms with Crippen molar-refractivity contribution in [2.75, 3.05) is 0 Å². The highest BCUT2D eigenvalue weighted by Gasteiger charge is 2.48. The van der Waals surface area contributed by atoms with Gasteiger partial charge in [0, 0.05) is 16.6 Å². The maximum absolute atomic E-state index is 12.4. The van der Waals surface area contributed by atoms with Gasteiger partial charge in [-0.3, -0.25) is 9.59 Å². The van der Waals surface area contributed by atoms with Crippen LogP contribution in [-0.2, 0) is 16.0 Å². The van der Waals surface area contributed by atoms with Gasteiger partial charge >= 0.3 is 0 Å². The molecule has 1 heterocycles. The third kappa shape index (κ3) is 4.00. The van der Waals surface area contributed by atoms with Gasteiger partial charge in [-0.15, -0.1) is 11.3 Å². The molecule has 4 aliphatic carbocycles. The summed E-state index contributed by atoms with van der Waals surface area (Å²) in [6, 6.07) is 4.21. The van der Waals surface area contributed by atoms with Gasteiger partial charge in [-0.2, -0.15) is 5.10 Å². The average molecular weight is 374 g/mol. The van der Waals surface area contributed by atoms with Crippen LogP contribution in [0, 0.1) is 23.7 Å². The second-order valence-corrected chi connectivity index (χ2v) is 9.37. The minimum Gasteiger partial charge on any atom is -0.352 e. The summed E-state index contributed by atoms with van der Waals surface area (Å²) in [4.78, 5) is 25.3. The number of nitrogens with one attached hydrogen (secondary N) is 2. The summed E-state index contributed by atoms with van der Waals surface area (Å²) in [7, 11) is 0. The predicted octanol–water partition coefficient (Wildman–Crippen LogP) is 3.11. The number of carbonyl (C=O) groups is 2. The molecule has 0 saturated heterocycles. The molecular weight excluding hydrogens is 346 g/mol. The molecule has 0 radical (unpaired) electrons. The van der Waals surface area contributed by atoms with E-state index in [-0.39, 0.29) is 18.2 Å². The SMILES string of the molecule is C/C(CC(=O)NC1C2CC3CC(C2)CC1C3)=N/NC(=O)Cc1cccs1. The van der Waals surface area contributed by atoms with Crippen LogP contribution in [0.4, 0.5) is 0 Å². The zero-order valence-electron chi connectivity index (χ0n) is 15.2. The molecule has 0 aliphatic heterocycles. The van der Waals surface area contributed by atoms with Gasteiger partial charge in [0.05, 0.1) is 12.8 Å². The minimum atomic E-state index is -0.145. The Morgan fingerprint density at radius 1 is 1.12 bits per heavy atom. The van der Waals surface area contributed by atoms with E-state index >= 15 is 0 Å². The van der Waals surface area contributed by atoms with E-state index in [1.54, 1.807) is 18.3 Å². The minimum absolute atomic E-state index is 0.0382. The molecule has 2 amide bonds. The monoisotopic (exact) mass is 373 g/mol. The van der Waals surface area contributed by atoms with E-state index < -0.39 is 0 Å². The summed E-state index contributed by atoms with van der Waals surface area (Å²) in [5, 5.41) is 9.33. The van der Waals surface area contributed by atoms with Crippen molar-refractivity contribution in [2.45, 2.75) is 57.9 Å². The number of thiophene rings is 1. The number of hydrogen-bond acceptors (Lipinski definition) is 4. The molecule has 0 atom stereocenters. The van der Waals surface area contributed by atoms with Crippen molar-refractivity contribution in [2.24, 2.45) is 28.8 Å². The van der Waals surface area contributed by atoms with Crippen LogP contribution >= 0.6 is 11.3 Å². The van der Waals surface area contributed by atoms with E-state index in [0.29, 0.717) is 30.0 Å². The molecular formula is C20H27N3O2S. The number of hydrazone groups is 1. The van der Waals surface area contributed by atoms with Crippen molar-refractivity contribution in [1.29, 1.82) is 0 Å². The zero-order chi connectivity index (χ0) is 18.1. The summed E-state index contributed by atoms with van der Waals surface area (Å²) in [6.45, 7) is 1.79. The van der Waals surface area contributed by atoms with Crippen LogP contribution in [0.2, 0.25) is 0 Å². The zero-order valence-corrected chi connectivity index (χ0v) is 16.1. The van der Waals surface area contributed by atoms with E-state index in [9.17, 15) is 9.59 Å². The van der Waals surface area contributed by atoms with Gasteiger partial charge in [0.2, 0.25) is 11.8 Å². The first-order valence-corrected chi connectivity index (χ1v) is 10.6. The molecule has 0 unspecified atom stereocenters. The van der Waals surface area contributed by atoms with Crippen LogP contribution in [0.5, 0.6) is 0 Å². The Morgan fingerprint density at radius 3 is 2.42 bits per heavy atom. The number of hydrogen-bond donors (Lipinski definition) is 2. The molecule has 4 fully saturated rings. The summed E-state index contributed by atoms with van der Waals surface area (Å²) in [6.07, 6.45) is 7.18. The van der Waals surface area contributed by atoms with Crippen molar-refractivity contribution in [3.8, 4) is 0 Å². The molecule has 1 aromatic heterocycles. The van der Waals surface area contributed by atoms with E-state index in [2.05, 4.69) is 15.8 Å². The Morgan fingerprint density at radius 2 is 1.81 bits per heavy atom. The van der Waals surface area contributed by atoms with Crippen molar-refractivity contribution < 1.29 is 9.59 Å². The fourth-order valence-electron chi connectivity index (χ4n) is 5.44. The van der Waals surface area contributed by atoms with Gasteiger partial charge in [0.15, 0.2) is 0 Å². The van der Waals surface area contributed by atoms with E-state index in [1.807, 2.05) is 17.5 Å². The average Bonchev–Trinajstić information content (AvgIpc) is 3.08. The van der Waals surface area contributed by atoms with Crippen LogP contribution in [0.25, 0.3) is 0 Å². The lowest BCUT2D eigenvalue weighted by Gasteiger charge is -2.54. The van der Waals surface area contributed by atoms with E-state index in [1.165, 1.54) is 32.1 Å². The lowest BCUT2D eigenvalue weighted by molar-refractivity contribution is -0.124. The van der Waals surface area contributed by atoms with Crippen LogP contribution in [0.1, 0.15) is 50.3 Å². The molecule has 6 heteroatoms. The highest BCUT2D eigenvalue weighted by Crippen LogP contribution is 2.53. The lowest BCUT2D eigenvalue weighted by Crippen LogP contribution is -2.56. The number of rotatable bonds is 6. The molecule has 0 spiro atoms. The quantitative estimate of drug-likeness (QED) is 0.594. The largest absolute Gasteiger partial charge is 0.352 e. The topological polar surface area (TPSA) is 70.6 Å². The molecule has 4 bridgehead atoms. The lowest BCUT2D eigenvalue weighted by atomic mass is 9.54. The van der Waals surface area contributed by atoms with Crippen molar-refractivity contribution in [3.05, 3.63) is 22.4 Å². The van der Waals surface area contributed by atoms with Gasteiger partial charge in [-0.05, 0) is 74.1 Å². The Kier molecular flexibility index (Phi) is 5.11. The maximum Gasteiger partial charge on any atom is 0.245 e. The summed E-state index contributed by atoms with van der Waals surface area (Å²) < 4.78 is 0. The molecule has 5 rings (SSSR count). The van der Waals surface area contributed by atoms with Gasteiger partial charge in [0.1, 0.15) is 0 Å². The normalized spacial score (nSPS) is 32.5. The van der Waals surface area contributed by atoms with Crippen LogP contribution in [-0.4, -0.2) is 23.6 Å². The molecule has 4 aliphatic rings. The second-order valence-electron chi connectivity index (χ2n) is 8.34. The summed E-state index contributed by atoms with van der Waals surface area (Å²) >= 11 is 1.55. The molecule has 26 heavy (non-hydrogen) atoms. The third-order valence-corrected chi connectivity index (χ3v) is 7.13. The highest BCUT2D eigenvalue weighted by atomic mass is 32.1. The van der Waals surface area contributed by atoms with Crippen LogP contribution in [0.15, 0.2) is 22.6 Å². The molecule has 140 valence electrons. The predicted molar refractivity (Wildman–Crippen MR) is 103 cm³/mol. The van der Waals surface area contributed by atoms with Gasteiger partial charge in [-0.25, -0.2) is 5.43 Å². The van der Waals surface area contributed by atoms with Gasteiger partial charge in [-0.1, -0.05) is 6.07 Å². The van der Waals surface area contributed by atoms with E-state index in [0.717, 1.165) is 16.7 Å². The molecule has 0 aromatic carbocycles. The molecule has 4 saturated carbocycles. The second kappa shape index (κ2) is 7.51. The first-order valence-electron chi connectivity index (χ1n) is 9.70. The van der Waals surface area contributed by atoms with Crippen LogP contribution < -0.4 is 10.7 Å². The van der Waals surface area contributed by atoms with E-state index in [4.69, 9.17) is 0 Å². The van der Waals surface area contributed by atoms with Crippen molar-refractivity contribution >= 4 is 28.9 Å². The smallest absolute Gasteiger partial charge is 0.245 e.